The van der Waals surface area contributed by atoms with Gasteiger partial charge in [-0.2, -0.15) is 0 Å². The Balaban J connectivity index is 1.55. The summed E-state index contributed by atoms with van der Waals surface area (Å²) in [4.78, 5) is 40.5. The molecule has 7 nitrogen and oxygen atoms in total. The minimum atomic E-state index is -0.475. The molecule has 0 N–H and O–H groups in total. The second-order valence-electron chi connectivity index (χ2n) is 6.65. The lowest BCUT2D eigenvalue weighted by Gasteiger charge is -2.34. The van der Waals surface area contributed by atoms with E-state index in [0.29, 0.717) is 37.1 Å². The first-order chi connectivity index (χ1) is 13.5. The van der Waals surface area contributed by atoms with Crippen LogP contribution in [0.1, 0.15) is 32.6 Å². The van der Waals surface area contributed by atoms with E-state index in [9.17, 15) is 18.8 Å². The van der Waals surface area contributed by atoms with Crippen LogP contribution in [0.4, 0.5) is 4.39 Å². The number of carbonyl (C=O) groups is 3. The minimum absolute atomic E-state index is 0.215. The summed E-state index contributed by atoms with van der Waals surface area (Å²) in [7, 11) is 0. The summed E-state index contributed by atoms with van der Waals surface area (Å²) < 4.78 is 20.2. The largest absolute Gasteiger partial charge is 0.459 e. The van der Waals surface area contributed by atoms with Gasteiger partial charge in [0.2, 0.25) is 5.91 Å². The predicted octanol–water partition coefficient (Wildman–Crippen LogP) is 2.63. The van der Waals surface area contributed by atoms with Crippen LogP contribution in [-0.2, 0) is 0 Å². The van der Waals surface area contributed by atoms with E-state index in [4.69, 9.17) is 4.42 Å². The second-order valence-corrected chi connectivity index (χ2v) is 6.65. The van der Waals surface area contributed by atoms with Crippen LogP contribution in [0.2, 0.25) is 0 Å². The number of piperazine rings is 1. The first-order valence-electron chi connectivity index (χ1n) is 8.89. The number of hydrogen-bond donors (Lipinski definition) is 0. The number of furan rings is 1. The monoisotopic (exact) mass is 383 g/mol. The summed E-state index contributed by atoms with van der Waals surface area (Å²) in [6.45, 7) is 2.80. The van der Waals surface area contributed by atoms with Gasteiger partial charge in [0.1, 0.15) is 5.82 Å². The van der Waals surface area contributed by atoms with Crippen LogP contribution in [0.15, 0.2) is 47.2 Å². The zero-order chi connectivity index (χ0) is 19.8. The summed E-state index contributed by atoms with van der Waals surface area (Å²) in [5.74, 6) is -0.978. The lowest BCUT2D eigenvalue weighted by Crippen LogP contribution is -2.50. The SMILES string of the molecule is CC(=O)n1cc(C(=O)N2CCN(C(=O)c3ccco3)CC2)c2cc(F)ccc21. The molecule has 2 amide bonds. The molecular formula is C20H18FN3O4. The molecule has 144 valence electrons. The number of carbonyl (C=O) groups excluding carboxylic acids is 3. The molecule has 0 radical (unpaired) electrons. The fourth-order valence-electron chi connectivity index (χ4n) is 3.47. The molecule has 1 saturated heterocycles. The van der Waals surface area contributed by atoms with Gasteiger partial charge in [-0.3, -0.25) is 19.0 Å². The highest BCUT2D eigenvalue weighted by Gasteiger charge is 2.28. The van der Waals surface area contributed by atoms with Crippen LogP contribution >= 0.6 is 0 Å². The van der Waals surface area contributed by atoms with E-state index in [1.54, 1.807) is 21.9 Å². The summed E-state index contributed by atoms with van der Waals surface area (Å²) in [5.41, 5.74) is 0.763. The van der Waals surface area contributed by atoms with Crippen molar-refractivity contribution >= 4 is 28.6 Å². The van der Waals surface area contributed by atoms with E-state index in [2.05, 4.69) is 0 Å². The van der Waals surface area contributed by atoms with Crippen LogP contribution in [0, 0.1) is 5.82 Å². The van der Waals surface area contributed by atoms with Crippen molar-refractivity contribution in [3.63, 3.8) is 0 Å². The van der Waals surface area contributed by atoms with Gasteiger partial charge < -0.3 is 14.2 Å². The lowest BCUT2D eigenvalue weighted by atomic mass is 10.1. The molecule has 4 rings (SSSR count). The smallest absolute Gasteiger partial charge is 0.289 e. The zero-order valence-electron chi connectivity index (χ0n) is 15.2. The molecule has 1 aromatic carbocycles. The molecular weight excluding hydrogens is 365 g/mol. The molecule has 1 fully saturated rings. The maximum absolute atomic E-state index is 13.7. The van der Waals surface area contributed by atoms with E-state index in [1.807, 2.05) is 0 Å². The van der Waals surface area contributed by atoms with Crippen LogP contribution in [-0.4, -0.2) is 58.3 Å². The standard InChI is InChI=1S/C20H18FN3O4/c1-13(25)24-12-16(15-11-14(21)4-5-17(15)24)19(26)22-6-8-23(9-7-22)20(27)18-3-2-10-28-18/h2-5,10-12H,6-9H2,1H3. The van der Waals surface area contributed by atoms with Crippen molar-refractivity contribution in [1.29, 1.82) is 0 Å². The average Bonchev–Trinajstić information content (AvgIpc) is 3.35. The topological polar surface area (TPSA) is 75.8 Å². The number of rotatable bonds is 2. The van der Waals surface area contributed by atoms with Gasteiger partial charge in [-0.15, -0.1) is 0 Å². The summed E-state index contributed by atoms with van der Waals surface area (Å²) >= 11 is 0. The van der Waals surface area contributed by atoms with Crippen molar-refractivity contribution in [2.24, 2.45) is 0 Å². The van der Waals surface area contributed by atoms with Gasteiger partial charge in [0.05, 0.1) is 17.3 Å². The normalized spacial score (nSPS) is 14.5. The number of hydrogen-bond acceptors (Lipinski definition) is 4. The Labute approximate surface area is 159 Å². The Bertz CT molecular complexity index is 1060. The maximum Gasteiger partial charge on any atom is 0.289 e. The summed E-state index contributed by atoms with van der Waals surface area (Å²) in [6.07, 6.45) is 2.89. The Hall–Kier alpha value is -3.42. The van der Waals surface area contributed by atoms with Crippen molar-refractivity contribution in [2.75, 3.05) is 26.2 Å². The van der Waals surface area contributed by atoms with Crippen molar-refractivity contribution in [2.45, 2.75) is 6.92 Å². The highest BCUT2D eigenvalue weighted by Crippen LogP contribution is 2.24. The third-order valence-corrected chi connectivity index (χ3v) is 4.92. The van der Waals surface area contributed by atoms with E-state index in [1.165, 1.54) is 42.1 Å². The molecule has 28 heavy (non-hydrogen) atoms. The van der Waals surface area contributed by atoms with Crippen LogP contribution < -0.4 is 0 Å². The molecule has 0 saturated carbocycles. The molecule has 3 aromatic rings. The van der Waals surface area contributed by atoms with Gasteiger partial charge in [0, 0.05) is 44.7 Å². The van der Waals surface area contributed by atoms with E-state index >= 15 is 0 Å². The molecule has 8 heteroatoms. The van der Waals surface area contributed by atoms with E-state index < -0.39 is 5.82 Å². The zero-order valence-corrected chi connectivity index (χ0v) is 15.2. The Morgan fingerprint density at radius 2 is 1.68 bits per heavy atom. The fraction of sp³-hybridized carbons (Fsp3) is 0.250. The van der Waals surface area contributed by atoms with E-state index in [0.717, 1.165) is 0 Å². The van der Waals surface area contributed by atoms with Gasteiger partial charge in [0.25, 0.3) is 11.8 Å². The van der Waals surface area contributed by atoms with Gasteiger partial charge in [-0.1, -0.05) is 0 Å². The fourth-order valence-corrected chi connectivity index (χ4v) is 3.47. The quantitative estimate of drug-likeness (QED) is 0.682. The number of halogens is 1. The van der Waals surface area contributed by atoms with Crippen molar-refractivity contribution in [1.82, 2.24) is 14.4 Å². The number of benzene rings is 1. The molecule has 3 heterocycles. The number of amides is 2. The van der Waals surface area contributed by atoms with Crippen LogP contribution in [0.3, 0.4) is 0 Å². The predicted molar refractivity (Wildman–Crippen MR) is 98.7 cm³/mol. The van der Waals surface area contributed by atoms with Crippen LogP contribution in [0.5, 0.6) is 0 Å². The molecule has 1 aliphatic rings. The highest BCUT2D eigenvalue weighted by atomic mass is 19.1. The summed E-state index contributed by atoms with van der Waals surface area (Å²) in [6, 6.07) is 7.26. The third kappa shape index (κ3) is 3.06. The number of fused-ring (bicyclic) bond motifs is 1. The molecule has 0 aliphatic carbocycles. The Morgan fingerprint density at radius 3 is 2.29 bits per heavy atom. The van der Waals surface area contributed by atoms with E-state index in [-0.39, 0.29) is 29.0 Å². The Kier molecular flexibility index (Phi) is 4.46. The first-order valence-corrected chi connectivity index (χ1v) is 8.89. The number of nitrogens with zero attached hydrogens (tertiary/aromatic N) is 3. The van der Waals surface area contributed by atoms with Crippen molar-refractivity contribution < 1.29 is 23.2 Å². The molecule has 1 aliphatic heterocycles. The summed E-state index contributed by atoms with van der Waals surface area (Å²) in [5, 5.41) is 0.397. The lowest BCUT2D eigenvalue weighted by molar-refractivity contribution is 0.0519. The van der Waals surface area contributed by atoms with Gasteiger partial charge in [-0.25, -0.2) is 4.39 Å². The highest BCUT2D eigenvalue weighted by molar-refractivity contribution is 6.09. The van der Waals surface area contributed by atoms with Gasteiger partial charge in [-0.05, 0) is 30.3 Å². The Morgan fingerprint density at radius 1 is 1.00 bits per heavy atom. The number of aromatic nitrogens is 1. The van der Waals surface area contributed by atoms with Crippen LogP contribution in [0.25, 0.3) is 10.9 Å². The van der Waals surface area contributed by atoms with Crippen molar-refractivity contribution in [3.05, 3.63) is 59.9 Å². The molecule has 0 unspecified atom stereocenters. The second kappa shape index (κ2) is 6.95. The first kappa shape index (κ1) is 18.0. The minimum Gasteiger partial charge on any atom is -0.459 e. The third-order valence-electron chi connectivity index (χ3n) is 4.92. The molecule has 2 aromatic heterocycles. The average molecular weight is 383 g/mol. The van der Waals surface area contributed by atoms with Gasteiger partial charge >= 0.3 is 0 Å². The van der Waals surface area contributed by atoms with Crippen molar-refractivity contribution in [3.8, 4) is 0 Å². The molecule has 0 spiro atoms. The molecule has 0 atom stereocenters. The molecule has 0 bridgehead atoms. The maximum atomic E-state index is 13.7. The van der Waals surface area contributed by atoms with Gasteiger partial charge in [0.15, 0.2) is 5.76 Å².